The van der Waals surface area contributed by atoms with Crippen LogP contribution in [-0.4, -0.2) is 5.91 Å². The molecule has 1 aliphatic rings. The van der Waals surface area contributed by atoms with E-state index in [0.717, 1.165) is 12.0 Å². The zero-order valence-corrected chi connectivity index (χ0v) is 8.66. The van der Waals surface area contributed by atoms with Gasteiger partial charge in [-0.1, -0.05) is 19.1 Å². The van der Waals surface area contributed by atoms with Crippen molar-refractivity contribution in [2.45, 2.75) is 19.9 Å². The third-order valence-electron chi connectivity index (χ3n) is 2.83. The molecule has 0 unspecified atom stereocenters. The lowest BCUT2D eigenvalue weighted by Crippen LogP contribution is -2.24. The molecular formula is C12H14FNO. The zero-order chi connectivity index (χ0) is 10.8. The molecule has 2 rings (SSSR count). The van der Waals surface area contributed by atoms with Gasteiger partial charge in [0.05, 0.1) is 0 Å². The van der Waals surface area contributed by atoms with Crippen molar-refractivity contribution in [3.63, 3.8) is 0 Å². The van der Waals surface area contributed by atoms with Gasteiger partial charge in [0.15, 0.2) is 0 Å². The molecule has 2 nitrogen and oxygen atoms in total. The van der Waals surface area contributed by atoms with E-state index in [1.807, 2.05) is 0 Å². The summed E-state index contributed by atoms with van der Waals surface area (Å²) in [5, 5.41) is 2.85. The SMILES string of the molecule is C[C@@H]1C[C@H]1C(=O)NCc1ccc(F)cc1. The molecule has 1 aliphatic carbocycles. The van der Waals surface area contributed by atoms with Crippen LogP contribution in [0.3, 0.4) is 0 Å². The third kappa shape index (κ3) is 2.55. The van der Waals surface area contributed by atoms with Gasteiger partial charge in [-0.15, -0.1) is 0 Å². The Morgan fingerprint density at radius 2 is 2.07 bits per heavy atom. The summed E-state index contributed by atoms with van der Waals surface area (Å²) in [7, 11) is 0. The van der Waals surface area contributed by atoms with E-state index >= 15 is 0 Å². The first-order chi connectivity index (χ1) is 7.16. The fourth-order valence-electron chi connectivity index (χ4n) is 1.61. The Balaban J connectivity index is 1.82. The van der Waals surface area contributed by atoms with Crippen LogP contribution in [0.25, 0.3) is 0 Å². The minimum Gasteiger partial charge on any atom is -0.352 e. The van der Waals surface area contributed by atoms with E-state index in [9.17, 15) is 9.18 Å². The van der Waals surface area contributed by atoms with E-state index in [0.29, 0.717) is 12.5 Å². The maximum Gasteiger partial charge on any atom is 0.223 e. The molecule has 1 aromatic rings. The lowest BCUT2D eigenvalue weighted by atomic mass is 10.2. The number of benzene rings is 1. The minimum absolute atomic E-state index is 0.117. The van der Waals surface area contributed by atoms with Gasteiger partial charge in [-0.25, -0.2) is 4.39 Å². The van der Waals surface area contributed by atoms with Crippen molar-refractivity contribution in [3.8, 4) is 0 Å². The first kappa shape index (κ1) is 10.1. The number of hydrogen-bond donors (Lipinski definition) is 1. The van der Waals surface area contributed by atoms with Crippen molar-refractivity contribution in [2.75, 3.05) is 0 Å². The van der Waals surface area contributed by atoms with E-state index < -0.39 is 0 Å². The van der Waals surface area contributed by atoms with Crippen molar-refractivity contribution >= 4 is 5.91 Å². The van der Waals surface area contributed by atoms with Crippen LogP contribution in [0.15, 0.2) is 24.3 Å². The fraction of sp³-hybridized carbons (Fsp3) is 0.417. The van der Waals surface area contributed by atoms with Crippen LogP contribution in [0.1, 0.15) is 18.9 Å². The molecule has 80 valence electrons. The summed E-state index contributed by atoms with van der Waals surface area (Å²) < 4.78 is 12.6. The van der Waals surface area contributed by atoms with Crippen LogP contribution in [-0.2, 0) is 11.3 Å². The summed E-state index contributed by atoms with van der Waals surface area (Å²) in [4.78, 5) is 11.5. The summed E-state index contributed by atoms with van der Waals surface area (Å²) in [5.74, 6) is 0.594. The molecule has 0 radical (unpaired) electrons. The highest BCUT2D eigenvalue weighted by Crippen LogP contribution is 2.37. The molecule has 3 heteroatoms. The normalized spacial score (nSPS) is 23.6. The minimum atomic E-state index is -0.249. The second kappa shape index (κ2) is 4.01. The van der Waals surface area contributed by atoms with Gasteiger partial charge in [0.2, 0.25) is 5.91 Å². The Hall–Kier alpha value is -1.38. The second-order valence-corrected chi connectivity index (χ2v) is 4.16. The molecule has 0 heterocycles. The summed E-state index contributed by atoms with van der Waals surface area (Å²) >= 11 is 0. The van der Waals surface area contributed by atoms with Crippen LogP contribution in [0.4, 0.5) is 4.39 Å². The lowest BCUT2D eigenvalue weighted by molar-refractivity contribution is -0.122. The van der Waals surface area contributed by atoms with E-state index in [1.54, 1.807) is 12.1 Å². The number of rotatable bonds is 3. The Morgan fingerprint density at radius 1 is 1.47 bits per heavy atom. The van der Waals surface area contributed by atoms with E-state index in [4.69, 9.17) is 0 Å². The molecule has 1 amide bonds. The average molecular weight is 207 g/mol. The van der Waals surface area contributed by atoms with Crippen LogP contribution in [0, 0.1) is 17.7 Å². The van der Waals surface area contributed by atoms with Gasteiger partial charge in [-0.3, -0.25) is 4.79 Å². The molecule has 0 aliphatic heterocycles. The average Bonchev–Trinajstić information content (AvgIpc) is 2.94. The Bertz CT molecular complexity index is 360. The Kier molecular flexibility index (Phi) is 2.71. The largest absolute Gasteiger partial charge is 0.352 e. The predicted octanol–water partition coefficient (Wildman–Crippen LogP) is 2.10. The number of carbonyl (C=O) groups excluding carboxylic acids is 1. The molecule has 15 heavy (non-hydrogen) atoms. The maximum atomic E-state index is 12.6. The standard InChI is InChI=1S/C12H14FNO/c1-8-6-11(8)12(15)14-7-9-2-4-10(13)5-3-9/h2-5,8,11H,6-7H2,1H3,(H,14,15)/t8-,11-/m1/s1. The molecule has 0 saturated heterocycles. The van der Waals surface area contributed by atoms with Gasteiger partial charge in [0.1, 0.15) is 5.82 Å². The van der Waals surface area contributed by atoms with Gasteiger partial charge in [-0.2, -0.15) is 0 Å². The van der Waals surface area contributed by atoms with Crippen LogP contribution >= 0.6 is 0 Å². The van der Waals surface area contributed by atoms with Crippen LogP contribution in [0.5, 0.6) is 0 Å². The van der Waals surface area contributed by atoms with Gasteiger partial charge in [0.25, 0.3) is 0 Å². The maximum absolute atomic E-state index is 12.6. The molecule has 0 bridgehead atoms. The Morgan fingerprint density at radius 3 is 2.60 bits per heavy atom. The first-order valence-corrected chi connectivity index (χ1v) is 5.19. The van der Waals surface area contributed by atoms with Crippen LogP contribution in [0.2, 0.25) is 0 Å². The smallest absolute Gasteiger partial charge is 0.223 e. The summed E-state index contributed by atoms with van der Waals surface area (Å²) in [5.41, 5.74) is 0.929. The van der Waals surface area contributed by atoms with E-state index in [1.165, 1.54) is 12.1 Å². The summed E-state index contributed by atoms with van der Waals surface area (Å²) in [6.07, 6.45) is 0.995. The fourth-order valence-corrected chi connectivity index (χ4v) is 1.61. The number of carbonyl (C=O) groups is 1. The third-order valence-corrected chi connectivity index (χ3v) is 2.83. The monoisotopic (exact) mass is 207 g/mol. The number of halogens is 1. The highest BCUT2D eigenvalue weighted by Gasteiger charge is 2.38. The van der Waals surface area contributed by atoms with Crippen molar-refractivity contribution in [1.29, 1.82) is 0 Å². The van der Waals surface area contributed by atoms with Crippen molar-refractivity contribution in [1.82, 2.24) is 5.32 Å². The van der Waals surface area contributed by atoms with Crippen molar-refractivity contribution < 1.29 is 9.18 Å². The van der Waals surface area contributed by atoms with E-state index in [-0.39, 0.29) is 17.6 Å². The summed E-state index contributed by atoms with van der Waals surface area (Å²) in [6, 6.07) is 6.18. The van der Waals surface area contributed by atoms with E-state index in [2.05, 4.69) is 12.2 Å². The van der Waals surface area contributed by atoms with Gasteiger partial charge in [-0.05, 0) is 30.0 Å². The first-order valence-electron chi connectivity index (χ1n) is 5.19. The summed E-state index contributed by atoms with van der Waals surface area (Å²) in [6.45, 7) is 2.56. The van der Waals surface area contributed by atoms with Crippen molar-refractivity contribution in [3.05, 3.63) is 35.6 Å². The topological polar surface area (TPSA) is 29.1 Å². The quantitative estimate of drug-likeness (QED) is 0.808. The molecule has 0 aromatic heterocycles. The van der Waals surface area contributed by atoms with Gasteiger partial charge in [0, 0.05) is 12.5 Å². The van der Waals surface area contributed by atoms with Gasteiger partial charge < -0.3 is 5.32 Å². The molecule has 1 saturated carbocycles. The highest BCUT2D eigenvalue weighted by molar-refractivity contribution is 5.81. The predicted molar refractivity (Wildman–Crippen MR) is 55.5 cm³/mol. The van der Waals surface area contributed by atoms with Crippen molar-refractivity contribution in [2.24, 2.45) is 11.8 Å². The highest BCUT2D eigenvalue weighted by atomic mass is 19.1. The lowest BCUT2D eigenvalue weighted by Gasteiger charge is -2.04. The molecule has 1 fully saturated rings. The number of nitrogens with one attached hydrogen (secondary N) is 1. The molecule has 0 spiro atoms. The zero-order valence-electron chi connectivity index (χ0n) is 8.66. The Labute approximate surface area is 88.5 Å². The number of hydrogen-bond acceptors (Lipinski definition) is 1. The van der Waals surface area contributed by atoms with Gasteiger partial charge >= 0.3 is 0 Å². The molecular weight excluding hydrogens is 193 g/mol. The van der Waals surface area contributed by atoms with Crippen LogP contribution < -0.4 is 5.32 Å². The second-order valence-electron chi connectivity index (χ2n) is 4.16. The molecule has 2 atom stereocenters. The number of amides is 1. The molecule has 1 aromatic carbocycles. The molecule has 1 N–H and O–H groups in total.